The fourth-order valence-corrected chi connectivity index (χ4v) is 1.38. The highest BCUT2D eigenvalue weighted by atomic mass is 16.5. The van der Waals surface area contributed by atoms with Gasteiger partial charge in [0.1, 0.15) is 5.41 Å². The fourth-order valence-electron chi connectivity index (χ4n) is 1.38. The van der Waals surface area contributed by atoms with E-state index in [-0.39, 0.29) is 12.5 Å². The molecule has 1 heterocycles. The maximum Gasteiger partial charge on any atom is 0.240 e. The maximum atomic E-state index is 11.8. The number of carbonyl (C=O) groups is 1. The van der Waals surface area contributed by atoms with Crippen LogP contribution in [-0.2, 0) is 11.3 Å². The second kappa shape index (κ2) is 5.26. The molecule has 6 heteroatoms. The first-order chi connectivity index (χ1) is 7.68. The Morgan fingerprint density at radius 2 is 2.31 bits per heavy atom. The van der Waals surface area contributed by atoms with E-state index in [2.05, 4.69) is 26.0 Å². The number of aromatic nitrogens is 2. The second-order valence-electron chi connectivity index (χ2n) is 3.43. The normalized spacial score (nSPS) is 10.8. The molecule has 0 unspecified atom stereocenters. The summed E-state index contributed by atoms with van der Waals surface area (Å²) in [5.74, 6) is 0.109. The van der Waals surface area contributed by atoms with Crippen molar-refractivity contribution >= 4 is 5.91 Å². The zero-order valence-corrected chi connectivity index (χ0v) is 9.36. The van der Waals surface area contributed by atoms with Gasteiger partial charge in [0.05, 0.1) is 12.6 Å². The molecule has 0 aliphatic rings. The largest absolute Gasteiger partial charge is 0.347 e. The minimum absolute atomic E-state index is 0.179. The number of rotatable bonds is 5. The molecule has 6 nitrogen and oxygen atoms in total. The zero-order valence-electron chi connectivity index (χ0n) is 9.36. The number of nitrogens with one attached hydrogen (secondary N) is 1. The summed E-state index contributed by atoms with van der Waals surface area (Å²) < 4.78 is 4.53. The Morgan fingerprint density at radius 3 is 2.75 bits per heavy atom. The lowest BCUT2D eigenvalue weighted by Crippen LogP contribution is -2.39. The minimum Gasteiger partial charge on any atom is -0.347 e. The first-order valence-electron chi connectivity index (χ1n) is 5.13. The molecule has 0 radical (unpaired) electrons. The Bertz CT molecular complexity index is 376. The molecular weight excluding hydrogens is 208 g/mol. The van der Waals surface area contributed by atoms with Gasteiger partial charge in [0.2, 0.25) is 12.3 Å². The second-order valence-corrected chi connectivity index (χ2v) is 3.43. The van der Waals surface area contributed by atoms with Crippen LogP contribution in [0.1, 0.15) is 32.5 Å². The summed E-state index contributed by atoms with van der Waals surface area (Å²) in [6, 6.07) is 2.07. The van der Waals surface area contributed by atoms with E-state index in [0.717, 1.165) is 0 Å². The van der Waals surface area contributed by atoms with E-state index >= 15 is 0 Å². The molecule has 0 bridgehead atoms. The minimum atomic E-state index is -0.955. The third kappa shape index (κ3) is 2.37. The van der Waals surface area contributed by atoms with Crippen LogP contribution in [0.2, 0.25) is 0 Å². The summed E-state index contributed by atoms with van der Waals surface area (Å²) in [6.45, 7) is 3.82. The molecule has 0 spiro atoms. The van der Waals surface area contributed by atoms with Gasteiger partial charge in [-0.25, -0.2) is 0 Å². The molecule has 0 aromatic carbocycles. The molecule has 0 atom stereocenters. The molecule has 0 aliphatic heterocycles. The van der Waals surface area contributed by atoms with Gasteiger partial charge in [-0.05, 0) is 12.8 Å². The van der Waals surface area contributed by atoms with Gasteiger partial charge in [0, 0.05) is 0 Å². The van der Waals surface area contributed by atoms with Crippen LogP contribution < -0.4 is 5.32 Å². The summed E-state index contributed by atoms with van der Waals surface area (Å²) in [5.41, 5.74) is -0.955. The molecule has 0 saturated heterocycles. The van der Waals surface area contributed by atoms with Crippen molar-refractivity contribution in [2.24, 2.45) is 5.41 Å². The summed E-state index contributed by atoms with van der Waals surface area (Å²) in [7, 11) is 0. The van der Waals surface area contributed by atoms with Crippen LogP contribution in [0.5, 0.6) is 0 Å². The topological polar surface area (TPSA) is 91.8 Å². The first kappa shape index (κ1) is 12.2. The fraction of sp³-hybridized carbons (Fsp3) is 0.600. The highest BCUT2D eigenvalue weighted by Crippen LogP contribution is 2.25. The zero-order chi connectivity index (χ0) is 12.0. The average molecular weight is 222 g/mol. The molecule has 0 fully saturated rings. The molecule has 1 rings (SSSR count). The van der Waals surface area contributed by atoms with Crippen molar-refractivity contribution in [2.45, 2.75) is 33.2 Å². The Kier molecular flexibility index (Phi) is 4.00. The highest BCUT2D eigenvalue weighted by Gasteiger charge is 2.34. The predicted molar refractivity (Wildman–Crippen MR) is 54.8 cm³/mol. The van der Waals surface area contributed by atoms with Crippen LogP contribution >= 0.6 is 0 Å². The molecule has 1 N–H and O–H groups in total. The molecule has 1 aromatic rings. The van der Waals surface area contributed by atoms with Crippen molar-refractivity contribution in [1.29, 1.82) is 5.26 Å². The van der Waals surface area contributed by atoms with E-state index in [1.165, 1.54) is 6.39 Å². The summed E-state index contributed by atoms with van der Waals surface area (Å²) in [6.07, 6.45) is 2.16. The van der Waals surface area contributed by atoms with Crippen molar-refractivity contribution in [3.05, 3.63) is 12.2 Å². The van der Waals surface area contributed by atoms with Crippen LogP contribution in [0.15, 0.2) is 10.9 Å². The molecular formula is C10H14N4O2. The third-order valence-corrected chi connectivity index (χ3v) is 2.67. The van der Waals surface area contributed by atoms with E-state index in [9.17, 15) is 4.79 Å². The monoisotopic (exact) mass is 222 g/mol. The number of hydrogen-bond acceptors (Lipinski definition) is 5. The molecule has 16 heavy (non-hydrogen) atoms. The van der Waals surface area contributed by atoms with Crippen LogP contribution in [0.4, 0.5) is 0 Å². The van der Waals surface area contributed by atoms with Crippen molar-refractivity contribution in [3.8, 4) is 6.07 Å². The van der Waals surface area contributed by atoms with E-state index in [4.69, 9.17) is 5.26 Å². The first-order valence-corrected chi connectivity index (χ1v) is 5.13. The number of amides is 1. The van der Waals surface area contributed by atoms with Crippen molar-refractivity contribution in [2.75, 3.05) is 0 Å². The van der Waals surface area contributed by atoms with E-state index in [1.54, 1.807) is 0 Å². The van der Waals surface area contributed by atoms with Gasteiger partial charge in [0.25, 0.3) is 0 Å². The van der Waals surface area contributed by atoms with Gasteiger partial charge < -0.3 is 9.84 Å². The van der Waals surface area contributed by atoms with Crippen molar-refractivity contribution < 1.29 is 9.32 Å². The number of nitriles is 1. The van der Waals surface area contributed by atoms with Gasteiger partial charge in [-0.1, -0.05) is 19.0 Å². The predicted octanol–water partition coefficient (Wildman–Crippen LogP) is 1.02. The summed E-state index contributed by atoms with van der Waals surface area (Å²) in [5, 5.41) is 15.2. The average Bonchev–Trinajstić information content (AvgIpc) is 2.82. The van der Waals surface area contributed by atoms with Crippen LogP contribution in [0, 0.1) is 16.7 Å². The molecule has 0 aliphatic carbocycles. The number of hydrogen-bond donors (Lipinski definition) is 1. The van der Waals surface area contributed by atoms with Crippen LogP contribution in [0.3, 0.4) is 0 Å². The summed E-state index contributed by atoms with van der Waals surface area (Å²) in [4.78, 5) is 15.6. The van der Waals surface area contributed by atoms with E-state index in [0.29, 0.717) is 18.7 Å². The Hall–Kier alpha value is -1.90. The molecule has 1 amide bonds. The quantitative estimate of drug-likeness (QED) is 0.802. The van der Waals surface area contributed by atoms with E-state index in [1.807, 2.05) is 13.8 Å². The number of carbonyl (C=O) groups excluding carboxylic acids is 1. The van der Waals surface area contributed by atoms with Gasteiger partial charge in [-0.15, -0.1) is 0 Å². The smallest absolute Gasteiger partial charge is 0.240 e. The standard InChI is InChI=1S/C10H14N4O2/c1-3-10(4-2,6-11)9(15)12-5-8-13-7-16-14-8/h7H,3-5H2,1-2H3,(H,12,15). The highest BCUT2D eigenvalue weighted by molar-refractivity contribution is 5.85. The molecule has 0 saturated carbocycles. The van der Waals surface area contributed by atoms with Gasteiger partial charge in [0.15, 0.2) is 5.82 Å². The third-order valence-electron chi connectivity index (χ3n) is 2.67. The van der Waals surface area contributed by atoms with Crippen molar-refractivity contribution in [1.82, 2.24) is 15.5 Å². The number of nitrogens with zero attached hydrogens (tertiary/aromatic N) is 3. The summed E-state index contributed by atoms with van der Waals surface area (Å²) >= 11 is 0. The SMILES string of the molecule is CCC(C#N)(CC)C(=O)NCc1ncon1. The van der Waals surface area contributed by atoms with Gasteiger partial charge in [-0.3, -0.25) is 4.79 Å². The maximum absolute atomic E-state index is 11.8. The Morgan fingerprint density at radius 1 is 1.62 bits per heavy atom. The lowest BCUT2D eigenvalue weighted by atomic mass is 9.83. The molecule has 1 aromatic heterocycles. The van der Waals surface area contributed by atoms with Crippen molar-refractivity contribution in [3.63, 3.8) is 0 Å². The Balaban J connectivity index is 2.61. The lowest BCUT2D eigenvalue weighted by molar-refractivity contribution is -0.128. The van der Waals surface area contributed by atoms with Gasteiger partial charge in [-0.2, -0.15) is 10.2 Å². The molecule has 86 valence electrons. The van der Waals surface area contributed by atoms with Gasteiger partial charge >= 0.3 is 0 Å². The Labute approximate surface area is 93.6 Å². The van der Waals surface area contributed by atoms with Crippen LogP contribution in [-0.4, -0.2) is 16.0 Å². The van der Waals surface area contributed by atoms with Crippen LogP contribution in [0.25, 0.3) is 0 Å². The van der Waals surface area contributed by atoms with E-state index < -0.39 is 5.41 Å². The lowest BCUT2D eigenvalue weighted by Gasteiger charge is -2.21.